The van der Waals surface area contributed by atoms with Gasteiger partial charge in [0.15, 0.2) is 0 Å². The molecular weight excluding hydrogens is 270 g/mol. The summed E-state index contributed by atoms with van der Waals surface area (Å²) in [7, 11) is 1.77. The maximum absolute atomic E-state index is 5.63. The summed E-state index contributed by atoms with van der Waals surface area (Å²) in [5.74, 6) is 0.817. The maximum atomic E-state index is 5.63. The molecule has 88 valence electrons. The lowest BCUT2D eigenvalue weighted by molar-refractivity contribution is -0.0601. The Labute approximate surface area is 104 Å². The second-order valence-electron chi connectivity index (χ2n) is 4.19. The van der Waals surface area contributed by atoms with E-state index in [-0.39, 0.29) is 5.60 Å². The molecule has 0 atom stereocenters. The van der Waals surface area contributed by atoms with Crippen LogP contribution in [0.4, 0.5) is 11.5 Å². The number of nitrogens with one attached hydrogen (secondary N) is 1. The number of hydrogen-bond acceptors (Lipinski definition) is 4. The van der Waals surface area contributed by atoms with Crippen molar-refractivity contribution in [1.29, 1.82) is 0 Å². The Morgan fingerprint density at radius 1 is 1.62 bits per heavy atom. The fourth-order valence-electron chi connectivity index (χ4n) is 1.85. The van der Waals surface area contributed by atoms with Crippen LogP contribution in [-0.4, -0.2) is 24.2 Å². The number of nitrogen functional groups attached to an aromatic ring is 1. The number of ether oxygens (including phenoxy) is 1. The van der Waals surface area contributed by atoms with E-state index in [0.717, 1.165) is 29.7 Å². The van der Waals surface area contributed by atoms with Gasteiger partial charge in [-0.15, -0.1) is 0 Å². The first-order valence-electron chi connectivity index (χ1n) is 5.35. The van der Waals surface area contributed by atoms with Gasteiger partial charge in [0.05, 0.1) is 22.0 Å². The summed E-state index contributed by atoms with van der Waals surface area (Å²) in [6, 6.07) is 1.84. The molecule has 2 rings (SSSR count). The standard InChI is InChI=1S/C11H16BrN3O/c1-16-11(3-2-4-11)7-15-10-9(12)5-8(13)6-14-10/h5-6H,2-4,7,13H2,1H3,(H,14,15). The highest BCUT2D eigenvalue weighted by Gasteiger charge is 2.36. The highest BCUT2D eigenvalue weighted by molar-refractivity contribution is 9.10. The van der Waals surface area contributed by atoms with Crippen molar-refractivity contribution in [3.05, 3.63) is 16.7 Å². The topological polar surface area (TPSA) is 60.2 Å². The summed E-state index contributed by atoms with van der Waals surface area (Å²) < 4.78 is 6.42. The van der Waals surface area contributed by atoms with E-state index in [9.17, 15) is 0 Å². The molecule has 4 nitrogen and oxygen atoms in total. The molecule has 1 aromatic rings. The number of hydrogen-bond donors (Lipinski definition) is 2. The predicted octanol–water partition coefficient (Wildman–Crippen LogP) is 2.41. The normalized spacial score (nSPS) is 17.9. The van der Waals surface area contributed by atoms with Crippen LogP contribution in [0.1, 0.15) is 19.3 Å². The molecule has 1 saturated carbocycles. The Morgan fingerprint density at radius 2 is 2.38 bits per heavy atom. The van der Waals surface area contributed by atoms with Gasteiger partial charge in [-0.3, -0.25) is 0 Å². The van der Waals surface area contributed by atoms with Gasteiger partial charge < -0.3 is 15.8 Å². The minimum atomic E-state index is 0.00249. The van der Waals surface area contributed by atoms with Crippen molar-refractivity contribution in [2.24, 2.45) is 0 Å². The summed E-state index contributed by atoms with van der Waals surface area (Å²) >= 11 is 3.43. The number of anilines is 2. The number of nitrogens with zero attached hydrogens (tertiary/aromatic N) is 1. The molecule has 0 unspecified atom stereocenters. The molecule has 0 amide bonds. The number of aromatic nitrogens is 1. The third-order valence-electron chi connectivity index (χ3n) is 3.14. The zero-order valence-corrected chi connectivity index (χ0v) is 10.9. The van der Waals surface area contributed by atoms with Crippen LogP contribution >= 0.6 is 15.9 Å². The first-order chi connectivity index (χ1) is 7.65. The second-order valence-corrected chi connectivity index (χ2v) is 5.05. The number of pyridine rings is 1. The Kier molecular flexibility index (Phi) is 3.35. The lowest BCUT2D eigenvalue weighted by Crippen LogP contribution is -2.45. The fourth-order valence-corrected chi connectivity index (χ4v) is 2.36. The van der Waals surface area contributed by atoms with Crippen LogP contribution in [0.3, 0.4) is 0 Å². The molecule has 1 fully saturated rings. The number of rotatable bonds is 4. The summed E-state index contributed by atoms with van der Waals surface area (Å²) in [6.45, 7) is 0.791. The smallest absolute Gasteiger partial charge is 0.140 e. The summed E-state index contributed by atoms with van der Waals surface area (Å²) in [5.41, 5.74) is 6.29. The lowest BCUT2D eigenvalue weighted by atomic mass is 9.80. The molecule has 1 aliphatic rings. The highest BCUT2D eigenvalue weighted by atomic mass is 79.9. The van der Waals surface area contributed by atoms with Gasteiger partial charge in [-0.25, -0.2) is 4.98 Å². The van der Waals surface area contributed by atoms with Crippen LogP contribution in [0.5, 0.6) is 0 Å². The molecule has 0 saturated heterocycles. The molecule has 0 aromatic carbocycles. The zero-order valence-electron chi connectivity index (χ0n) is 9.29. The van der Waals surface area contributed by atoms with Gasteiger partial charge >= 0.3 is 0 Å². The van der Waals surface area contributed by atoms with Gasteiger partial charge in [0.1, 0.15) is 5.82 Å². The van der Waals surface area contributed by atoms with E-state index in [1.807, 2.05) is 6.07 Å². The largest absolute Gasteiger partial charge is 0.397 e. The third-order valence-corrected chi connectivity index (χ3v) is 3.74. The lowest BCUT2D eigenvalue weighted by Gasteiger charge is -2.40. The van der Waals surface area contributed by atoms with E-state index in [1.165, 1.54) is 6.42 Å². The van der Waals surface area contributed by atoms with Gasteiger partial charge in [0, 0.05) is 13.7 Å². The Hall–Kier alpha value is -0.810. The molecular formula is C11H16BrN3O. The molecule has 0 radical (unpaired) electrons. The Balaban J connectivity index is 1.99. The summed E-state index contributed by atoms with van der Waals surface area (Å²) in [5, 5.41) is 3.30. The SMILES string of the molecule is COC1(CNc2ncc(N)cc2Br)CCC1. The van der Waals surface area contributed by atoms with Gasteiger partial charge in [-0.05, 0) is 41.3 Å². The van der Waals surface area contributed by atoms with Crippen molar-refractivity contribution < 1.29 is 4.74 Å². The highest BCUT2D eigenvalue weighted by Crippen LogP contribution is 2.35. The quantitative estimate of drug-likeness (QED) is 0.892. The maximum Gasteiger partial charge on any atom is 0.140 e. The molecule has 1 heterocycles. The second kappa shape index (κ2) is 4.59. The van der Waals surface area contributed by atoms with Crippen LogP contribution in [0.2, 0.25) is 0 Å². The van der Waals surface area contributed by atoms with Gasteiger partial charge in [0.2, 0.25) is 0 Å². The molecule has 5 heteroatoms. The van der Waals surface area contributed by atoms with Crippen molar-refractivity contribution in [3.63, 3.8) is 0 Å². The Bertz CT molecular complexity index is 374. The fraction of sp³-hybridized carbons (Fsp3) is 0.545. The van der Waals surface area contributed by atoms with E-state index in [4.69, 9.17) is 10.5 Å². The van der Waals surface area contributed by atoms with Crippen molar-refractivity contribution in [3.8, 4) is 0 Å². The van der Waals surface area contributed by atoms with Gasteiger partial charge in [0.25, 0.3) is 0 Å². The molecule has 0 aliphatic heterocycles. The van der Waals surface area contributed by atoms with Crippen LogP contribution in [0.25, 0.3) is 0 Å². The van der Waals surface area contributed by atoms with Gasteiger partial charge in [-0.2, -0.15) is 0 Å². The summed E-state index contributed by atoms with van der Waals surface area (Å²) in [4.78, 5) is 4.24. The van der Waals surface area contributed by atoms with Crippen LogP contribution < -0.4 is 11.1 Å². The average molecular weight is 286 g/mol. The monoisotopic (exact) mass is 285 g/mol. The van der Waals surface area contributed by atoms with Crippen LogP contribution in [0.15, 0.2) is 16.7 Å². The van der Waals surface area contributed by atoms with Crippen molar-refractivity contribution in [1.82, 2.24) is 4.98 Å². The van der Waals surface area contributed by atoms with Gasteiger partial charge in [-0.1, -0.05) is 0 Å². The first kappa shape index (κ1) is 11.7. The number of nitrogens with two attached hydrogens (primary N) is 1. The van der Waals surface area contributed by atoms with E-state index >= 15 is 0 Å². The van der Waals surface area contributed by atoms with Crippen LogP contribution in [-0.2, 0) is 4.74 Å². The van der Waals surface area contributed by atoms with Crippen molar-refractivity contribution >= 4 is 27.4 Å². The summed E-state index contributed by atoms with van der Waals surface area (Å²) in [6.07, 6.45) is 5.12. The molecule has 0 bridgehead atoms. The van der Waals surface area contributed by atoms with Crippen LogP contribution in [0, 0.1) is 0 Å². The van der Waals surface area contributed by atoms with Crippen molar-refractivity contribution in [2.75, 3.05) is 24.7 Å². The molecule has 1 aliphatic carbocycles. The minimum absolute atomic E-state index is 0.00249. The Morgan fingerprint density at radius 3 is 2.88 bits per heavy atom. The first-order valence-corrected chi connectivity index (χ1v) is 6.15. The van der Waals surface area contributed by atoms with E-state index in [0.29, 0.717) is 5.69 Å². The van der Waals surface area contributed by atoms with E-state index < -0.39 is 0 Å². The average Bonchev–Trinajstić information content (AvgIpc) is 2.19. The minimum Gasteiger partial charge on any atom is -0.397 e. The van der Waals surface area contributed by atoms with Crippen molar-refractivity contribution in [2.45, 2.75) is 24.9 Å². The van der Waals surface area contributed by atoms with E-state index in [1.54, 1.807) is 13.3 Å². The molecule has 16 heavy (non-hydrogen) atoms. The number of methoxy groups -OCH3 is 1. The predicted molar refractivity (Wildman–Crippen MR) is 68.4 cm³/mol. The zero-order chi connectivity index (χ0) is 11.6. The van der Waals surface area contributed by atoms with E-state index in [2.05, 4.69) is 26.2 Å². The molecule has 1 aromatic heterocycles. The number of halogens is 1. The molecule has 3 N–H and O–H groups in total. The molecule has 0 spiro atoms. The third kappa shape index (κ3) is 2.30.